The van der Waals surface area contributed by atoms with Crippen LogP contribution in [0.5, 0.6) is 0 Å². The molecule has 6 heteroatoms. The van der Waals surface area contributed by atoms with E-state index in [0.29, 0.717) is 22.3 Å². The van der Waals surface area contributed by atoms with Gasteiger partial charge in [-0.3, -0.25) is 0 Å². The third kappa shape index (κ3) is 2.96. The highest BCUT2D eigenvalue weighted by Crippen LogP contribution is 2.34. The van der Waals surface area contributed by atoms with Crippen LogP contribution in [0.4, 0.5) is 5.82 Å². The Morgan fingerprint density at radius 2 is 2.08 bits per heavy atom. The van der Waals surface area contributed by atoms with Gasteiger partial charge >= 0.3 is 0 Å². The summed E-state index contributed by atoms with van der Waals surface area (Å²) in [7, 11) is 0. The third-order valence-electron chi connectivity index (χ3n) is 5.10. The summed E-state index contributed by atoms with van der Waals surface area (Å²) in [6, 6.07) is 2.16. The minimum absolute atomic E-state index is 0.333. The van der Waals surface area contributed by atoms with Crippen molar-refractivity contribution in [3.05, 3.63) is 18.0 Å². The van der Waals surface area contributed by atoms with Gasteiger partial charge in [0.2, 0.25) is 0 Å². The molecule has 2 aliphatic heterocycles. The second-order valence-electron chi connectivity index (χ2n) is 6.70. The number of nitrogens with zero attached hydrogens (tertiary/aromatic N) is 4. The Kier molecular flexibility index (Phi) is 4.72. The number of aromatic nitrogens is 3. The van der Waals surface area contributed by atoms with Crippen molar-refractivity contribution in [2.24, 2.45) is 5.92 Å². The first kappa shape index (κ1) is 16.7. The standard InChI is InChI=1S/C16H20N6.C2H6/c1-11-6-16(20-8-11)2-4-22(5-3-16)13-10-19-15-14(21-13)12(7-17)9-18-15;1-2/h9-11,20H,2-6,8H2,1H3,(H,18,19);1-2H3. The van der Waals surface area contributed by atoms with Crippen molar-refractivity contribution in [3.63, 3.8) is 0 Å². The number of H-pyrrole nitrogens is 1. The highest BCUT2D eigenvalue weighted by atomic mass is 15.2. The van der Waals surface area contributed by atoms with Crippen LogP contribution in [0, 0.1) is 17.2 Å². The zero-order chi connectivity index (χ0) is 17.2. The number of hydrogen-bond donors (Lipinski definition) is 2. The Labute approximate surface area is 143 Å². The highest BCUT2D eigenvalue weighted by Gasteiger charge is 2.39. The van der Waals surface area contributed by atoms with Crippen molar-refractivity contribution in [2.75, 3.05) is 24.5 Å². The predicted octanol–water partition coefficient (Wildman–Crippen LogP) is 2.82. The fourth-order valence-corrected chi connectivity index (χ4v) is 3.87. The number of fused-ring (bicyclic) bond motifs is 1. The zero-order valence-corrected chi connectivity index (χ0v) is 14.8. The maximum Gasteiger partial charge on any atom is 0.157 e. The van der Waals surface area contributed by atoms with E-state index in [9.17, 15) is 0 Å². The molecule has 128 valence electrons. The second-order valence-corrected chi connectivity index (χ2v) is 6.70. The Hall–Kier alpha value is -2.13. The molecule has 0 radical (unpaired) electrons. The van der Waals surface area contributed by atoms with Crippen LogP contribution in [0.15, 0.2) is 12.4 Å². The van der Waals surface area contributed by atoms with Crippen LogP contribution in [0.3, 0.4) is 0 Å². The average Bonchev–Trinajstić information content (AvgIpc) is 3.20. The maximum atomic E-state index is 9.13. The summed E-state index contributed by atoms with van der Waals surface area (Å²) in [6.45, 7) is 9.45. The fraction of sp³-hybridized carbons (Fsp3) is 0.611. The van der Waals surface area contributed by atoms with Crippen LogP contribution < -0.4 is 10.2 Å². The van der Waals surface area contributed by atoms with Gasteiger partial charge in [0, 0.05) is 24.8 Å². The summed E-state index contributed by atoms with van der Waals surface area (Å²) in [5.74, 6) is 1.66. The Morgan fingerprint density at radius 3 is 2.71 bits per heavy atom. The summed E-state index contributed by atoms with van der Waals surface area (Å²) in [6.07, 6.45) is 7.05. The van der Waals surface area contributed by atoms with Crippen molar-refractivity contribution >= 4 is 17.0 Å². The molecule has 0 aromatic carbocycles. The zero-order valence-electron chi connectivity index (χ0n) is 14.8. The Balaban J connectivity index is 0.000000815. The smallest absolute Gasteiger partial charge is 0.157 e. The summed E-state index contributed by atoms with van der Waals surface area (Å²) < 4.78 is 0. The van der Waals surface area contributed by atoms with Gasteiger partial charge in [0.1, 0.15) is 17.4 Å². The molecule has 2 fully saturated rings. The van der Waals surface area contributed by atoms with E-state index in [0.717, 1.165) is 44.2 Å². The molecular formula is C18H26N6. The van der Waals surface area contributed by atoms with Crippen LogP contribution in [0.2, 0.25) is 0 Å². The van der Waals surface area contributed by atoms with Gasteiger partial charge in [-0.05, 0) is 31.7 Å². The molecule has 0 amide bonds. The lowest BCUT2D eigenvalue weighted by molar-refractivity contribution is 0.290. The Bertz CT molecular complexity index is 736. The number of nitriles is 1. The molecule has 2 aromatic heterocycles. The molecule has 6 nitrogen and oxygen atoms in total. The van der Waals surface area contributed by atoms with Crippen molar-refractivity contribution in [1.29, 1.82) is 5.26 Å². The molecule has 1 unspecified atom stereocenters. The van der Waals surface area contributed by atoms with Crippen LogP contribution >= 0.6 is 0 Å². The SMILES string of the molecule is CC.CC1CNC2(CCN(c3cnc4[nH]cc(C#N)c4n3)CC2)C1. The van der Waals surface area contributed by atoms with Gasteiger partial charge in [0.15, 0.2) is 5.65 Å². The molecule has 2 aliphatic rings. The average molecular weight is 326 g/mol. The lowest BCUT2D eigenvalue weighted by atomic mass is 9.84. The van der Waals surface area contributed by atoms with E-state index >= 15 is 0 Å². The van der Waals surface area contributed by atoms with E-state index in [2.05, 4.69) is 38.2 Å². The van der Waals surface area contributed by atoms with Gasteiger partial charge < -0.3 is 15.2 Å². The van der Waals surface area contributed by atoms with Crippen molar-refractivity contribution in [1.82, 2.24) is 20.3 Å². The van der Waals surface area contributed by atoms with E-state index < -0.39 is 0 Å². The number of rotatable bonds is 1. The molecule has 2 saturated heterocycles. The number of anilines is 1. The molecule has 2 aromatic rings. The van der Waals surface area contributed by atoms with Gasteiger partial charge in [-0.25, -0.2) is 9.97 Å². The van der Waals surface area contributed by atoms with E-state index in [1.54, 1.807) is 6.20 Å². The molecule has 4 rings (SSSR count). The van der Waals surface area contributed by atoms with Crippen LogP contribution in [-0.2, 0) is 0 Å². The van der Waals surface area contributed by atoms with Crippen LogP contribution in [0.25, 0.3) is 11.2 Å². The normalized spacial score (nSPS) is 22.2. The van der Waals surface area contributed by atoms with Gasteiger partial charge in [-0.2, -0.15) is 5.26 Å². The van der Waals surface area contributed by atoms with E-state index in [-0.39, 0.29) is 0 Å². The number of hydrogen-bond acceptors (Lipinski definition) is 5. The first-order valence-corrected chi connectivity index (χ1v) is 8.93. The van der Waals surface area contributed by atoms with Gasteiger partial charge in [-0.15, -0.1) is 0 Å². The van der Waals surface area contributed by atoms with Crippen molar-refractivity contribution < 1.29 is 0 Å². The molecule has 0 aliphatic carbocycles. The third-order valence-corrected chi connectivity index (χ3v) is 5.10. The quantitative estimate of drug-likeness (QED) is 0.842. The first-order chi connectivity index (χ1) is 11.7. The van der Waals surface area contributed by atoms with E-state index in [4.69, 9.17) is 5.26 Å². The molecule has 0 saturated carbocycles. The number of nitrogens with one attached hydrogen (secondary N) is 2. The number of aromatic amines is 1. The summed E-state index contributed by atoms with van der Waals surface area (Å²) in [5, 5.41) is 12.9. The lowest BCUT2D eigenvalue weighted by Gasteiger charge is -2.40. The topological polar surface area (TPSA) is 80.6 Å². The largest absolute Gasteiger partial charge is 0.355 e. The summed E-state index contributed by atoms with van der Waals surface area (Å²) in [5.41, 5.74) is 2.25. The van der Waals surface area contributed by atoms with E-state index in [1.807, 2.05) is 20.0 Å². The van der Waals surface area contributed by atoms with Crippen molar-refractivity contribution in [3.8, 4) is 6.07 Å². The summed E-state index contributed by atoms with van der Waals surface area (Å²) >= 11 is 0. The molecule has 4 heterocycles. The van der Waals surface area contributed by atoms with Crippen molar-refractivity contribution in [2.45, 2.75) is 45.6 Å². The summed E-state index contributed by atoms with van der Waals surface area (Å²) in [4.78, 5) is 14.3. The maximum absolute atomic E-state index is 9.13. The second kappa shape index (κ2) is 6.78. The molecular weight excluding hydrogens is 300 g/mol. The molecule has 0 bridgehead atoms. The minimum atomic E-state index is 0.333. The highest BCUT2D eigenvalue weighted by molar-refractivity contribution is 5.79. The van der Waals surface area contributed by atoms with E-state index in [1.165, 1.54) is 6.42 Å². The lowest BCUT2D eigenvalue weighted by Crippen LogP contribution is -2.50. The van der Waals surface area contributed by atoms with Gasteiger partial charge in [0.05, 0.1) is 11.8 Å². The molecule has 2 N–H and O–H groups in total. The number of piperidine rings is 1. The van der Waals surface area contributed by atoms with Crippen LogP contribution in [0.1, 0.15) is 45.6 Å². The molecule has 1 spiro atoms. The minimum Gasteiger partial charge on any atom is -0.355 e. The predicted molar refractivity (Wildman–Crippen MR) is 95.9 cm³/mol. The monoisotopic (exact) mass is 326 g/mol. The molecule has 24 heavy (non-hydrogen) atoms. The fourth-order valence-electron chi connectivity index (χ4n) is 3.87. The van der Waals surface area contributed by atoms with Crippen LogP contribution in [-0.4, -0.2) is 40.1 Å². The first-order valence-electron chi connectivity index (χ1n) is 8.93. The Morgan fingerprint density at radius 1 is 1.33 bits per heavy atom. The molecule has 1 atom stereocenters. The van der Waals surface area contributed by atoms with Gasteiger partial charge in [0.25, 0.3) is 0 Å². The van der Waals surface area contributed by atoms with Gasteiger partial charge in [-0.1, -0.05) is 20.8 Å².